The van der Waals surface area contributed by atoms with Crippen molar-refractivity contribution in [3.63, 3.8) is 0 Å². The van der Waals surface area contributed by atoms with Gasteiger partial charge >= 0.3 is 0 Å². The van der Waals surface area contributed by atoms with Gasteiger partial charge in [0.25, 0.3) is 0 Å². The highest BCUT2D eigenvalue weighted by atomic mass is 15.1. The van der Waals surface area contributed by atoms with Gasteiger partial charge in [-0.05, 0) is 43.0 Å². The fourth-order valence-electron chi connectivity index (χ4n) is 2.20. The van der Waals surface area contributed by atoms with Crippen LogP contribution >= 0.6 is 0 Å². The number of nitrogens with zero attached hydrogens (tertiary/aromatic N) is 1. The van der Waals surface area contributed by atoms with Crippen molar-refractivity contribution < 1.29 is 0 Å². The Bertz CT molecular complexity index is 305. The zero-order valence-corrected chi connectivity index (χ0v) is 9.45. The molecule has 0 saturated carbocycles. The average Bonchev–Trinajstić information content (AvgIpc) is 2.64. The zero-order valence-electron chi connectivity index (χ0n) is 9.45. The SMILES string of the molecule is CC1CCN(CCc2ccc(N)cc2)C1. The quantitative estimate of drug-likeness (QED) is 0.764. The van der Waals surface area contributed by atoms with E-state index in [0.717, 1.165) is 18.0 Å². The molecule has 0 spiro atoms. The van der Waals surface area contributed by atoms with Gasteiger partial charge in [-0.3, -0.25) is 0 Å². The van der Waals surface area contributed by atoms with Gasteiger partial charge in [-0.25, -0.2) is 0 Å². The molecule has 15 heavy (non-hydrogen) atoms. The van der Waals surface area contributed by atoms with Crippen LogP contribution in [0.25, 0.3) is 0 Å². The molecule has 2 nitrogen and oxygen atoms in total. The third-order valence-corrected chi connectivity index (χ3v) is 3.20. The number of likely N-dealkylation sites (tertiary alicyclic amines) is 1. The molecule has 0 bridgehead atoms. The molecule has 0 radical (unpaired) electrons. The molecule has 1 saturated heterocycles. The summed E-state index contributed by atoms with van der Waals surface area (Å²) in [5.74, 6) is 0.886. The minimum absolute atomic E-state index is 0.855. The third-order valence-electron chi connectivity index (χ3n) is 3.20. The monoisotopic (exact) mass is 204 g/mol. The first-order valence-corrected chi connectivity index (χ1v) is 5.81. The molecule has 1 heterocycles. The Morgan fingerprint density at radius 2 is 2.07 bits per heavy atom. The number of benzene rings is 1. The minimum atomic E-state index is 0.855. The summed E-state index contributed by atoms with van der Waals surface area (Å²) in [6.45, 7) is 6.07. The second-order valence-electron chi connectivity index (χ2n) is 4.69. The van der Waals surface area contributed by atoms with Crippen LogP contribution in [0.3, 0.4) is 0 Å². The molecular weight excluding hydrogens is 184 g/mol. The maximum absolute atomic E-state index is 5.65. The molecule has 2 rings (SSSR count). The second kappa shape index (κ2) is 4.67. The van der Waals surface area contributed by atoms with Crippen molar-refractivity contribution in [3.05, 3.63) is 29.8 Å². The van der Waals surface area contributed by atoms with Gasteiger partial charge in [0.05, 0.1) is 0 Å². The van der Waals surface area contributed by atoms with Gasteiger partial charge in [0.2, 0.25) is 0 Å². The molecule has 1 fully saturated rings. The van der Waals surface area contributed by atoms with Gasteiger partial charge < -0.3 is 10.6 Å². The molecule has 1 aromatic carbocycles. The van der Waals surface area contributed by atoms with Crippen LogP contribution in [-0.2, 0) is 6.42 Å². The molecule has 2 heteroatoms. The van der Waals surface area contributed by atoms with Gasteiger partial charge in [-0.2, -0.15) is 0 Å². The van der Waals surface area contributed by atoms with Crippen LogP contribution in [0.5, 0.6) is 0 Å². The Labute approximate surface area is 92.1 Å². The fourth-order valence-corrected chi connectivity index (χ4v) is 2.20. The van der Waals surface area contributed by atoms with E-state index in [1.807, 2.05) is 12.1 Å². The number of rotatable bonds is 3. The first-order valence-electron chi connectivity index (χ1n) is 5.81. The van der Waals surface area contributed by atoms with Crippen LogP contribution in [-0.4, -0.2) is 24.5 Å². The lowest BCUT2D eigenvalue weighted by molar-refractivity contribution is 0.332. The summed E-state index contributed by atoms with van der Waals surface area (Å²) in [6, 6.07) is 8.24. The van der Waals surface area contributed by atoms with E-state index in [2.05, 4.69) is 24.0 Å². The fraction of sp³-hybridized carbons (Fsp3) is 0.538. The minimum Gasteiger partial charge on any atom is -0.399 e. The molecule has 2 N–H and O–H groups in total. The van der Waals surface area contributed by atoms with E-state index in [1.54, 1.807) is 0 Å². The van der Waals surface area contributed by atoms with Crippen LogP contribution in [0.4, 0.5) is 5.69 Å². The van der Waals surface area contributed by atoms with Crippen molar-refractivity contribution in [2.45, 2.75) is 19.8 Å². The Kier molecular flexibility index (Phi) is 3.27. The van der Waals surface area contributed by atoms with Gasteiger partial charge in [0.1, 0.15) is 0 Å². The van der Waals surface area contributed by atoms with Crippen molar-refractivity contribution >= 4 is 5.69 Å². The second-order valence-corrected chi connectivity index (χ2v) is 4.69. The van der Waals surface area contributed by atoms with Gasteiger partial charge in [-0.1, -0.05) is 19.1 Å². The Morgan fingerprint density at radius 3 is 2.67 bits per heavy atom. The molecule has 82 valence electrons. The topological polar surface area (TPSA) is 29.3 Å². The summed E-state index contributed by atoms with van der Waals surface area (Å²) in [6.07, 6.45) is 2.51. The average molecular weight is 204 g/mol. The molecule has 0 aliphatic carbocycles. The van der Waals surface area contributed by atoms with E-state index in [0.29, 0.717) is 0 Å². The lowest BCUT2D eigenvalue weighted by atomic mass is 10.1. The highest BCUT2D eigenvalue weighted by Crippen LogP contribution is 2.15. The smallest absolute Gasteiger partial charge is 0.0314 e. The van der Waals surface area contributed by atoms with E-state index in [9.17, 15) is 0 Å². The van der Waals surface area contributed by atoms with Crippen molar-refractivity contribution in [2.75, 3.05) is 25.4 Å². The summed E-state index contributed by atoms with van der Waals surface area (Å²) in [7, 11) is 0. The van der Waals surface area contributed by atoms with E-state index in [1.165, 1.54) is 31.6 Å². The molecule has 1 aliphatic heterocycles. The maximum Gasteiger partial charge on any atom is 0.0314 e. The molecule has 0 amide bonds. The molecule has 1 aromatic rings. The summed E-state index contributed by atoms with van der Waals surface area (Å²) in [5, 5.41) is 0. The van der Waals surface area contributed by atoms with Gasteiger partial charge in [-0.15, -0.1) is 0 Å². The zero-order chi connectivity index (χ0) is 10.7. The Balaban J connectivity index is 1.80. The molecule has 1 unspecified atom stereocenters. The van der Waals surface area contributed by atoms with Crippen LogP contribution in [0.2, 0.25) is 0 Å². The summed E-state index contributed by atoms with van der Waals surface area (Å²) in [4.78, 5) is 2.56. The van der Waals surface area contributed by atoms with Crippen LogP contribution in [0, 0.1) is 5.92 Å². The Hall–Kier alpha value is -1.02. The van der Waals surface area contributed by atoms with Crippen LogP contribution < -0.4 is 5.73 Å². The van der Waals surface area contributed by atoms with Gasteiger partial charge in [0, 0.05) is 18.8 Å². The predicted molar refractivity (Wildman–Crippen MR) is 64.8 cm³/mol. The number of anilines is 1. The molecule has 1 atom stereocenters. The summed E-state index contributed by atoms with van der Waals surface area (Å²) < 4.78 is 0. The predicted octanol–water partition coefficient (Wildman–Crippen LogP) is 2.15. The largest absolute Gasteiger partial charge is 0.399 e. The van der Waals surface area contributed by atoms with Crippen LogP contribution in [0.1, 0.15) is 18.9 Å². The van der Waals surface area contributed by atoms with Crippen molar-refractivity contribution in [1.29, 1.82) is 0 Å². The normalized spacial score (nSPS) is 22.1. The van der Waals surface area contributed by atoms with Crippen LogP contribution in [0.15, 0.2) is 24.3 Å². The van der Waals surface area contributed by atoms with Crippen molar-refractivity contribution in [1.82, 2.24) is 4.90 Å². The number of nitrogens with two attached hydrogens (primary N) is 1. The lowest BCUT2D eigenvalue weighted by Crippen LogP contribution is -2.22. The molecule has 0 aromatic heterocycles. The number of hydrogen-bond donors (Lipinski definition) is 1. The van der Waals surface area contributed by atoms with Gasteiger partial charge in [0.15, 0.2) is 0 Å². The first-order chi connectivity index (χ1) is 7.24. The van der Waals surface area contributed by atoms with Crippen molar-refractivity contribution in [3.8, 4) is 0 Å². The lowest BCUT2D eigenvalue weighted by Gasteiger charge is -2.14. The summed E-state index contributed by atoms with van der Waals surface area (Å²) >= 11 is 0. The Morgan fingerprint density at radius 1 is 1.33 bits per heavy atom. The standard InChI is InChI=1S/C13H20N2/c1-11-6-8-15(10-11)9-7-12-2-4-13(14)5-3-12/h2-5,11H,6-10,14H2,1H3. The van der Waals surface area contributed by atoms with Crippen molar-refractivity contribution in [2.24, 2.45) is 5.92 Å². The number of nitrogen functional groups attached to an aromatic ring is 1. The molecule has 1 aliphatic rings. The highest BCUT2D eigenvalue weighted by molar-refractivity contribution is 5.39. The number of hydrogen-bond acceptors (Lipinski definition) is 2. The first kappa shape index (κ1) is 10.5. The summed E-state index contributed by atoms with van der Waals surface area (Å²) in [5.41, 5.74) is 7.90. The van der Waals surface area contributed by atoms with E-state index in [4.69, 9.17) is 5.73 Å². The third kappa shape index (κ3) is 2.96. The van der Waals surface area contributed by atoms with E-state index >= 15 is 0 Å². The maximum atomic E-state index is 5.65. The highest BCUT2D eigenvalue weighted by Gasteiger charge is 2.17. The van der Waals surface area contributed by atoms with E-state index in [-0.39, 0.29) is 0 Å². The molecular formula is C13H20N2. The van der Waals surface area contributed by atoms with E-state index < -0.39 is 0 Å².